The Morgan fingerprint density at radius 3 is 2.26 bits per heavy atom. The first-order valence-electron chi connectivity index (χ1n) is 5.67. The van der Waals surface area contributed by atoms with Crippen molar-refractivity contribution in [1.29, 1.82) is 0 Å². The lowest BCUT2D eigenvalue weighted by Gasteiger charge is -2.19. The molecule has 0 atom stereocenters. The maximum atomic E-state index is 11.9. The monoisotopic (exact) mass is 286 g/mol. The predicted octanol–water partition coefficient (Wildman–Crippen LogP) is 0.889. The van der Waals surface area contributed by atoms with Crippen LogP contribution < -0.4 is 10.5 Å². The van der Waals surface area contributed by atoms with Crippen molar-refractivity contribution < 1.29 is 17.9 Å². The number of anilines is 1. The van der Waals surface area contributed by atoms with Crippen LogP contribution in [-0.2, 0) is 19.6 Å². The van der Waals surface area contributed by atoms with Crippen LogP contribution in [0.25, 0.3) is 0 Å². The van der Waals surface area contributed by atoms with Gasteiger partial charge in [-0.15, -0.1) is 0 Å². The van der Waals surface area contributed by atoms with E-state index in [4.69, 9.17) is 10.5 Å². The van der Waals surface area contributed by atoms with E-state index in [1.807, 2.05) is 0 Å². The van der Waals surface area contributed by atoms with E-state index >= 15 is 0 Å². The SMILES string of the molecule is CC(C)(C)OC(=O)CNS(=O)(=O)c1ccc(N)cc1. The zero-order valence-corrected chi connectivity index (χ0v) is 12.0. The lowest BCUT2D eigenvalue weighted by Crippen LogP contribution is -2.34. The van der Waals surface area contributed by atoms with Gasteiger partial charge in [0.2, 0.25) is 10.0 Å². The molecule has 0 bridgehead atoms. The molecule has 7 heteroatoms. The molecular formula is C12H18N2O4S. The lowest BCUT2D eigenvalue weighted by atomic mass is 10.2. The molecule has 0 amide bonds. The molecule has 0 radical (unpaired) electrons. The third-order valence-corrected chi connectivity index (χ3v) is 3.43. The van der Waals surface area contributed by atoms with Gasteiger partial charge in [0, 0.05) is 5.69 Å². The number of carbonyl (C=O) groups is 1. The van der Waals surface area contributed by atoms with Crippen molar-refractivity contribution in [3.05, 3.63) is 24.3 Å². The van der Waals surface area contributed by atoms with Crippen molar-refractivity contribution >= 4 is 21.7 Å². The van der Waals surface area contributed by atoms with Crippen LogP contribution >= 0.6 is 0 Å². The Balaban J connectivity index is 2.66. The number of nitrogen functional groups attached to an aromatic ring is 1. The van der Waals surface area contributed by atoms with E-state index < -0.39 is 28.1 Å². The molecule has 19 heavy (non-hydrogen) atoms. The molecule has 0 aromatic heterocycles. The Morgan fingerprint density at radius 2 is 1.79 bits per heavy atom. The molecule has 1 rings (SSSR count). The minimum absolute atomic E-state index is 0.0465. The largest absolute Gasteiger partial charge is 0.459 e. The first-order valence-corrected chi connectivity index (χ1v) is 7.15. The third-order valence-electron chi connectivity index (χ3n) is 2.02. The number of rotatable bonds is 4. The number of nitrogens with two attached hydrogens (primary N) is 1. The molecule has 3 N–H and O–H groups in total. The highest BCUT2D eigenvalue weighted by atomic mass is 32.2. The number of carbonyl (C=O) groups excluding carboxylic acids is 1. The number of esters is 1. The molecule has 1 aromatic rings. The highest BCUT2D eigenvalue weighted by Gasteiger charge is 2.19. The predicted molar refractivity (Wildman–Crippen MR) is 71.9 cm³/mol. The summed E-state index contributed by atoms with van der Waals surface area (Å²) in [6.45, 7) is 4.71. The van der Waals surface area contributed by atoms with E-state index in [1.165, 1.54) is 24.3 Å². The van der Waals surface area contributed by atoms with Gasteiger partial charge in [0.05, 0.1) is 4.90 Å². The second kappa shape index (κ2) is 5.58. The Kier molecular flexibility index (Phi) is 4.54. The maximum absolute atomic E-state index is 11.9. The van der Waals surface area contributed by atoms with Gasteiger partial charge in [0.1, 0.15) is 12.1 Å². The Bertz CT molecular complexity index is 544. The minimum Gasteiger partial charge on any atom is -0.459 e. The topological polar surface area (TPSA) is 98.5 Å². The van der Waals surface area contributed by atoms with Crippen molar-refractivity contribution in [3.63, 3.8) is 0 Å². The van der Waals surface area contributed by atoms with E-state index in [9.17, 15) is 13.2 Å². The summed E-state index contributed by atoms with van der Waals surface area (Å²) >= 11 is 0. The van der Waals surface area contributed by atoms with Gasteiger partial charge < -0.3 is 10.5 Å². The summed E-state index contributed by atoms with van der Waals surface area (Å²) in [7, 11) is -3.73. The maximum Gasteiger partial charge on any atom is 0.321 e. The fraction of sp³-hybridized carbons (Fsp3) is 0.417. The zero-order chi connectivity index (χ0) is 14.7. The third kappa shape index (κ3) is 5.27. The molecule has 0 fully saturated rings. The second-order valence-corrected chi connectivity index (χ2v) is 6.75. The normalized spacial score (nSPS) is 12.2. The van der Waals surface area contributed by atoms with E-state index in [2.05, 4.69) is 4.72 Å². The molecule has 106 valence electrons. The van der Waals surface area contributed by atoms with Crippen molar-refractivity contribution in [2.24, 2.45) is 0 Å². The molecular weight excluding hydrogens is 268 g/mol. The fourth-order valence-corrected chi connectivity index (χ4v) is 2.23. The smallest absolute Gasteiger partial charge is 0.321 e. The summed E-state index contributed by atoms with van der Waals surface area (Å²) in [5, 5.41) is 0. The quantitative estimate of drug-likeness (QED) is 0.632. The van der Waals surface area contributed by atoms with Crippen molar-refractivity contribution in [2.75, 3.05) is 12.3 Å². The van der Waals surface area contributed by atoms with Gasteiger partial charge in [-0.2, -0.15) is 4.72 Å². The summed E-state index contributed by atoms with van der Waals surface area (Å²) < 4.78 is 30.9. The number of nitrogens with one attached hydrogen (secondary N) is 1. The summed E-state index contributed by atoms with van der Waals surface area (Å²) in [5.41, 5.74) is 5.29. The zero-order valence-electron chi connectivity index (χ0n) is 11.1. The van der Waals surface area contributed by atoms with Crippen molar-refractivity contribution in [2.45, 2.75) is 31.3 Å². The van der Waals surface area contributed by atoms with Crippen LogP contribution in [0.1, 0.15) is 20.8 Å². The van der Waals surface area contributed by atoms with Crippen LogP contribution in [0.4, 0.5) is 5.69 Å². The molecule has 0 aliphatic heterocycles. The molecule has 0 unspecified atom stereocenters. The van der Waals surface area contributed by atoms with Crippen LogP contribution in [0.3, 0.4) is 0 Å². The Morgan fingerprint density at radius 1 is 1.26 bits per heavy atom. The summed E-state index contributed by atoms with van der Waals surface area (Å²) in [5.74, 6) is -0.633. The highest BCUT2D eigenvalue weighted by molar-refractivity contribution is 7.89. The number of hydrogen-bond acceptors (Lipinski definition) is 5. The molecule has 6 nitrogen and oxygen atoms in total. The minimum atomic E-state index is -3.73. The fourth-order valence-electron chi connectivity index (χ4n) is 1.26. The van der Waals surface area contributed by atoms with E-state index in [-0.39, 0.29) is 4.90 Å². The number of ether oxygens (including phenoxy) is 1. The van der Waals surface area contributed by atoms with E-state index in [0.29, 0.717) is 5.69 Å². The summed E-state index contributed by atoms with van der Waals surface area (Å²) in [4.78, 5) is 11.5. The van der Waals surface area contributed by atoms with Crippen molar-refractivity contribution in [1.82, 2.24) is 4.72 Å². The van der Waals surface area contributed by atoms with Gasteiger partial charge in [-0.3, -0.25) is 4.79 Å². The second-order valence-electron chi connectivity index (χ2n) is 4.98. The van der Waals surface area contributed by atoms with Crippen LogP contribution in [-0.4, -0.2) is 26.5 Å². The molecule has 0 spiro atoms. The van der Waals surface area contributed by atoms with Gasteiger partial charge in [-0.25, -0.2) is 8.42 Å². The Hall–Kier alpha value is -1.60. The summed E-state index contributed by atoms with van der Waals surface area (Å²) in [6.07, 6.45) is 0. The number of hydrogen-bond donors (Lipinski definition) is 2. The van der Waals surface area contributed by atoms with E-state index in [0.717, 1.165) is 0 Å². The van der Waals surface area contributed by atoms with Crippen LogP contribution in [0.15, 0.2) is 29.2 Å². The molecule has 0 saturated heterocycles. The molecule has 0 aliphatic carbocycles. The van der Waals surface area contributed by atoms with Gasteiger partial charge >= 0.3 is 5.97 Å². The van der Waals surface area contributed by atoms with Gasteiger partial charge in [-0.1, -0.05) is 0 Å². The van der Waals surface area contributed by atoms with Gasteiger partial charge in [0.15, 0.2) is 0 Å². The lowest BCUT2D eigenvalue weighted by molar-refractivity contribution is -0.153. The van der Waals surface area contributed by atoms with Crippen LogP contribution in [0.2, 0.25) is 0 Å². The van der Waals surface area contributed by atoms with Crippen LogP contribution in [0, 0.1) is 0 Å². The number of sulfonamides is 1. The van der Waals surface area contributed by atoms with Gasteiger partial charge in [-0.05, 0) is 45.0 Å². The highest BCUT2D eigenvalue weighted by Crippen LogP contribution is 2.11. The average molecular weight is 286 g/mol. The average Bonchev–Trinajstić information content (AvgIpc) is 2.25. The first-order chi connectivity index (χ1) is 8.60. The molecule has 0 saturated carbocycles. The molecule has 0 aliphatic rings. The van der Waals surface area contributed by atoms with Gasteiger partial charge in [0.25, 0.3) is 0 Å². The van der Waals surface area contributed by atoms with Crippen molar-refractivity contribution in [3.8, 4) is 0 Å². The Labute approximate surface area is 113 Å². The molecule has 0 heterocycles. The number of benzene rings is 1. The standard InChI is InChI=1S/C12H18N2O4S/c1-12(2,3)18-11(15)8-14-19(16,17)10-6-4-9(13)5-7-10/h4-7,14H,8,13H2,1-3H3. The molecule has 1 aromatic carbocycles. The first kappa shape index (κ1) is 15.5. The van der Waals surface area contributed by atoms with Crippen LogP contribution in [0.5, 0.6) is 0 Å². The van der Waals surface area contributed by atoms with E-state index in [1.54, 1.807) is 20.8 Å². The summed E-state index contributed by atoms with van der Waals surface area (Å²) in [6, 6.07) is 5.68.